The summed E-state index contributed by atoms with van der Waals surface area (Å²) in [6.45, 7) is 7.62. The molecule has 2 heterocycles. The smallest absolute Gasteiger partial charge is 0.280 e. The van der Waals surface area contributed by atoms with Crippen molar-refractivity contribution in [3.8, 4) is 0 Å². The predicted octanol–water partition coefficient (Wildman–Crippen LogP) is 3.55. The summed E-state index contributed by atoms with van der Waals surface area (Å²) in [6, 6.07) is 4.24. The zero-order chi connectivity index (χ0) is 19.7. The van der Waals surface area contributed by atoms with E-state index in [9.17, 15) is 4.79 Å². The number of carbonyl (C=O) groups excluding carboxylic acids is 1. The van der Waals surface area contributed by atoms with Crippen LogP contribution in [0.1, 0.15) is 33.6 Å². The molecule has 3 aromatic rings. The minimum Gasteiger partial charge on any atom is -0.309 e. The summed E-state index contributed by atoms with van der Waals surface area (Å²) >= 11 is 1.58. The highest BCUT2D eigenvalue weighted by Crippen LogP contribution is 2.33. The third-order valence-electron chi connectivity index (χ3n) is 4.49. The summed E-state index contributed by atoms with van der Waals surface area (Å²) in [4.78, 5) is 22.0. The molecule has 0 N–H and O–H groups in total. The Bertz CT molecular complexity index is 972. The van der Waals surface area contributed by atoms with E-state index in [1.807, 2.05) is 34.3 Å². The molecule has 27 heavy (non-hydrogen) atoms. The molecular weight excluding hydrogens is 358 g/mol. The Morgan fingerprint density at radius 2 is 1.89 bits per heavy atom. The van der Waals surface area contributed by atoms with Gasteiger partial charge in [-0.25, -0.2) is 4.98 Å². The second-order valence-corrected chi connectivity index (χ2v) is 8.35. The van der Waals surface area contributed by atoms with Crippen LogP contribution in [0.15, 0.2) is 18.3 Å². The number of rotatable bonds is 6. The Morgan fingerprint density at radius 1 is 1.15 bits per heavy atom. The van der Waals surface area contributed by atoms with Crippen molar-refractivity contribution in [3.63, 3.8) is 0 Å². The SMILES string of the molecule is Cc1cc(C)c2sc(N(CCCN(C)C)C(=O)c3nn(C)cc3C)nc2c1. The number of hydrogen-bond donors (Lipinski definition) is 0. The van der Waals surface area contributed by atoms with Crippen molar-refractivity contribution in [1.82, 2.24) is 19.7 Å². The Labute approximate surface area is 164 Å². The fourth-order valence-corrected chi connectivity index (χ4v) is 4.30. The first kappa shape index (κ1) is 19.5. The van der Waals surface area contributed by atoms with Gasteiger partial charge in [-0.2, -0.15) is 5.10 Å². The van der Waals surface area contributed by atoms with Crippen molar-refractivity contribution in [2.24, 2.45) is 7.05 Å². The topological polar surface area (TPSA) is 54.3 Å². The number of carbonyl (C=O) groups is 1. The van der Waals surface area contributed by atoms with Gasteiger partial charge < -0.3 is 4.90 Å². The third-order valence-corrected chi connectivity index (χ3v) is 5.72. The quantitative estimate of drug-likeness (QED) is 0.651. The van der Waals surface area contributed by atoms with Gasteiger partial charge in [0.25, 0.3) is 5.91 Å². The molecule has 0 radical (unpaired) electrons. The second-order valence-electron chi connectivity index (χ2n) is 7.37. The monoisotopic (exact) mass is 385 g/mol. The normalized spacial score (nSPS) is 11.5. The number of hydrogen-bond acceptors (Lipinski definition) is 5. The molecule has 0 unspecified atom stereocenters. The van der Waals surface area contributed by atoms with Crippen LogP contribution in [0.3, 0.4) is 0 Å². The molecule has 0 atom stereocenters. The van der Waals surface area contributed by atoms with E-state index in [2.05, 4.69) is 36.0 Å². The Morgan fingerprint density at radius 3 is 2.52 bits per heavy atom. The lowest BCUT2D eigenvalue weighted by atomic mass is 10.1. The van der Waals surface area contributed by atoms with E-state index in [1.54, 1.807) is 20.9 Å². The molecule has 3 rings (SSSR count). The van der Waals surface area contributed by atoms with Gasteiger partial charge in [0, 0.05) is 25.4 Å². The molecule has 0 saturated carbocycles. The number of aromatic nitrogens is 3. The molecule has 1 amide bonds. The van der Waals surface area contributed by atoms with Crippen molar-refractivity contribution in [2.45, 2.75) is 27.2 Å². The average Bonchev–Trinajstić information content (AvgIpc) is 3.13. The fourth-order valence-electron chi connectivity index (χ4n) is 3.26. The Kier molecular flexibility index (Phi) is 5.62. The summed E-state index contributed by atoms with van der Waals surface area (Å²) in [6.07, 6.45) is 2.75. The van der Waals surface area contributed by atoms with Crippen LogP contribution < -0.4 is 4.90 Å². The van der Waals surface area contributed by atoms with Crippen molar-refractivity contribution < 1.29 is 4.79 Å². The average molecular weight is 386 g/mol. The van der Waals surface area contributed by atoms with E-state index < -0.39 is 0 Å². The summed E-state index contributed by atoms with van der Waals surface area (Å²) < 4.78 is 2.82. The van der Waals surface area contributed by atoms with Crippen molar-refractivity contribution >= 4 is 32.6 Å². The van der Waals surface area contributed by atoms with E-state index in [1.165, 1.54) is 11.1 Å². The predicted molar refractivity (Wildman–Crippen MR) is 112 cm³/mol. The molecule has 0 bridgehead atoms. The molecule has 0 aliphatic rings. The minimum atomic E-state index is -0.0831. The first-order chi connectivity index (χ1) is 12.8. The van der Waals surface area contributed by atoms with Crippen LogP contribution in [-0.4, -0.2) is 52.8 Å². The molecule has 144 valence electrons. The van der Waals surface area contributed by atoms with Gasteiger partial charge in [-0.05, 0) is 65.0 Å². The first-order valence-corrected chi connectivity index (χ1v) is 9.92. The standard InChI is InChI=1S/C20H27N5OS/c1-13-10-14(2)18-16(11-13)21-20(27-18)25(9-7-8-23(4)5)19(26)17-15(3)12-24(6)22-17/h10-12H,7-9H2,1-6H3. The summed E-state index contributed by atoms with van der Waals surface area (Å²) in [5, 5.41) is 5.12. The largest absolute Gasteiger partial charge is 0.309 e. The molecule has 0 saturated heterocycles. The lowest BCUT2D eigenvalue weighted by molar-refractivity contribution is 0.0980. The van der Waals surface area contributed by atoms with Crippen LogP contribution >= 0.6 is 11.3 Å². The third kappa shape index (κ3) is 4.20. The lowest BCUT2D eigenvalue weighted by Crippen LogP contribution is -2.34. The van der Waals surface area contributed by atoms with Gasteiger partial charge >= 0.3 is 0 Å². The lowest BCUT2D eigenvalue weighted by Gasteiger charge is -2.20. The Hall–Kier alpha value is -2.25. The second kappa shape index (κ2) is 7.78. The van der Waals surface area contributed by atoms with Gasteiger partial charge in [0.15, 0.2) is 10.8 Å². The number of aryl methyl sites for hydroxylation is 4. The van der Waals surface area contributed by atoms with Crippen molar-refractivity contribution in [3.05, 3.63) is 40.7 Å². The van der Waals surface area contributed by atoms with Gasteiger partial charge in [-0.15, -0.1) is 0 Å². The molecule has 0 spiro atoms. The zero-order valence-corrected chi connectivity index (χ0v) is 17.7. The van der Waals surface area contributed by atoms with Crippen molar-refractivity contribution in [2.75, 3.05) is 32.1 Å². The summed E-state index contributed by atoms with van der Waals surface area (Å²) in [5.41, 5.74) is 4.71. The zero-order valence-electron chi connectivity index (χ0n) is 16.9. The molecular formula is C20H27N5OS. The molecule has 6 nitrogen and oxygen atoms in total. The maximum atomic E-state index is 13.3. The summed E-state index contributed by atoms with van der Waals surface area (Å²) in [5.74, 6) is -0.0831. The summed E-state index contributed by atoms with van der Waals surface area (Å²) in [7, 11) is 5.92. The van der Waals surface area contributed by atoms with Gasteiger partial charge in [0.1, 0.15) is 0 Å². The molecule has 1 aromatic carbocycles. The van der Waals surface area contributed by atoms with Crippen LogP contribution in [0.25, 0.3) is 10.2 Å². The minimum absolute atomic E-state index is 0.0831. The molecule has 0 fully saturated rings. The number of amides is 1. The highest BCUT2D eigenvalue weighted by molar-refractivity contribution is 7.22. The highest BCUT2D eigenvalue weighted by atomic mass is 32.1. The van der Waals surface area contributed by atoms with Crippen LogP contribution in [0, 0.1) is 20.8 Å². The number of thiazole rings is 1. The Balaban J connectivity index is 2.00. The van der Waals surface area contributed by atoms with Crippen molar-refractivity contribution in [1.29, 1.82) is 0 Å². The van der Waals surface area contributed by atoms with Gasteiger partial charge in [0.2, 0.25) is 0 Å². The van der Waals surface area contributed by atoms with Gasteiger partial charge in [0.05, 0.1) is 10.2 Å². The van der Waals surface area contributed by atoms with E-state index in [0.29, 0.717) is 12.2 Å². The molecule has 7 heteroatoms. The van der Waals surface area contributed by atoms with Crippen LogP contribution in [0.2, 0.25) is 0 Å². The van der Waals surface area contributed by atoms with Crippen LogP contribution in [0.5, 0.6) is 0 Å². The van der Waals surface area contributed by atoms with Gasteiger partial charge in [-0.1, -0.05) is 17.4 Å². The molecule has 0 aliphatic carbocycles. The fraction of sp³-hybridized carbons (Fsp3) is 0.450. The van der Waals surface area contributed by atoms with E-state index >= 15 is 0 Å². The van der Waals surface area contributed by atoms with E-state index in [-0.39, 0.29) is 5.91 Å². The van der Waals surface area contributed by atoms with Gasteiger partial charge in [-0.3, -0.25) is 14.4 Å². The number of fused-ring (bicyclic) bond motifs is 1. The number of anilines is 1. The number of benzene rings is 1. The molecule has 0 aliphatic heterocycles. The maximum Gasteiger partial charge on any atom is 0.280 e. The maximum absolute atomic E-state index is 13.3. The van der Waals surface area contributed by atoms with Crippen LogP contribution in [-0.2, 0) is 7.05 Å². The molecule has 2 aromatic heterocycles. The van der Waals surface area contributed by atoms with Crippen LogP contribution in [0.4, 0.5) is 5.13 Å². The van der Waals surface area contributed by atoms with E-state index in [0.717, 1.165) is 33.9 Å². The first-order valence-electron chi connectivity index (χ1n) is 9.11. The highest BCUT2D eigenvalue weighted by Gasteiger charge is 2.25. The van der Waals surface area contributed by atoms with E-state index in [4.69, 9.17) is 4.98 Å². The number of nitrogens with zero attached hydrogens (tertiary/aromatic N) is 5.